The van der Waals surface area contributed by atoms with E-state index in [9.17, 15) is 9.59 Å². The van der Waals surface area contributed by atoms with E-state index in [1.165, 1.54) is 11.1 Å². The molecule has 2 fully saturated rings. The molecule has 25 heavy (non-hydrogen) atoms. The number of carbonyl (C=O) groups excluding carboxylic acids is 2. The summed E-state index contributed by atoms with van der Waals surface area (Å²) < 4.78 is 0. The maximum Gasteiger partial charge on any atom is 0.242 e. The number of carbonyl (C=O) groups is 2. The van der Waals surface area contributed by atoms with E-state index in [1.807, 2.05) is 4.90 Å². The molecule has 5 nitrogen and oxygen atoms in total. The molecule has 136 valence electrons. The molecule has 2 amide bonds. The second-order valence-corrected chi connectivity index (χ2v) is 7.50. The molecule has 2 saturated heterocycles. The van der Waals surface area contributed by atoms with Crippen LogP contribution in [0, 0.1) is 0 Å². The van der Waals surface area contributed by atoms with Crippen LogP contribution in [0.2, 0.25) is 0 Å². The summed E-state index contributed by atoms with van der Waals surface area (Å²) in [5.41, 5.74) is 2.49. The van der Waals surface area contributed by atoms with E-state index in [-0.39, 0.29) is 24.4 Å². The highest BCUT2D eigenvalue weighted by molar-refractivity contribution is 5.86. The highest BCUT2D eigenvalue weighted by Crippen LogP contribution is 2.31. The van der Waals surface area contributed by atoms with E-state index >= 15 is 0 Å². The van der Waals surface area contributed by atoms with Gasteiger partial charge >= 0.3 is 0 Å². The molecule has 1 aromatic rings. The fourth-order valence-corrected chi connectivity index (χ4v) is 3.91. The Hall–Kier alpha value is -1.88. The van der Waals surface area contributed by atoms with Crippen molar-refractivity contribution in [2.24, 2.45) is 0 Å². The fraction of sp³-hybridized carbons (Fsp3) is 0.600. The van der Waals surface area contributed by atoms with Gasteiger partial charge in [0.1, 0.15) is 0 Å². The second kappa shape index (κ2) is 8.00. The Labute approximate surface area is 150 Å². The number of amides is 2. The lowest BCUT2D eigenvalue weighted by Crippen LogP contribution is -2.44. The average molecular weight is 343 g/mol. The van der Waals surface area contributed by atoms with Gasteiger partial charge in [0.15, 0.2) is 0 Å². The van der Waals surface area contributed by atoms with Gasteiger partial charge in [0.2, 0.25) is 11.8 Å². The van der Waals surface area contributed by atoms with Crippen LogP contribution in [0.1, 0.15) is 49.3 Å². The molecule has 0 saturated carbocycles. The molecule has 3 rings (SSSR count). The van der Waals surface area contributed by atoms with Crippen LogP contribution in [0.3, 0.4) is 0 Å². The van der Waals surface area contributed by atoms with Gasteiger partial charge < -0.3 is 14.7 Å². The molecule has 0 aromatic heterocycles. The van der Waals surface area contributed by atoms with Crippen molar-refractivity contribution >= 4 is 11.8 Å². The van der Waals surface area contributed by atoms with E-state index < -0.39 is 0 Å². The molecule has 2 heterocycles. The van der Waals surface area contributed by atoms with Crippen LogP contribution in [-0.2, 0) is 16.1 Å². The molecule has 0 aliphatic carbocycles. The zero-order chi connectivity index (χ0) is 17.8. The van der Waals surface area contributed by atoms with E-state index in [0.717, 1.165) is 45.3 Å². The Morgan fingerprint density at radius 1 is 1.12 bits per heavy atom. The van der Waals surface area contributed by atoms with Gasteiger partial charge in [0.05, 0.1) is 12.6 Å². The van der Waals surface area contributed by atoms with Crippen molar-refractivity contribution in [3.63, 3.8) is 0 Å². The minimum atomic E-state index is 0.0947. The third kappa shape index (κ3) is 4.40. The van der Waals surface area contributed by atoms with Gasteiger partial charge in [-0.1, -0.05) is 24.3 Å². The first-order valence-electron chi connectivity index (χ1n) is 9.35. The molecule has 5 heteroatoms. The molecule has 0 radical (unpaired) electrons. The molecule has 0 bridgehead atoms. The summed E-state index contributed by atoms with van der Waals surface area (Å²) in [6, 6.07) is 8.80. The predicted octanol–water partition coefficient (Wildman–Crippen LogP) is 2.42. The SMILES string of the molecule is CN(C)Cc1ccc([C@@H]2CCCCN2C(=O)CN2CCCC2=O)cc1. The molecule has 1 aromatic carbocycles. The van der Waals surface area contributed by atoms with Crippen molar-refractivity contribution in [2.75, 3.05) is 33.7 Å². The summed E-state index contributed by atoms with van der Waals surface area (Å²) in [6.45, 7) is 2.69. The van der Waals surface area contributed by atoms with Crippen LogP contribution in [0.5, 0.6) is 0 Å². The van der Waals surface area contributed by atoms with Crippen molar-refractivity contribution in [3.8, 4) is 0 Å². The normalized spacial score (nSPS) is 21.2. The summed E-state index contributed by atoms with van der Waals surface area (Å²) in [7, 11) is 4.13. The minimum absolute atomic E-state index is 0.0947. The summed E-state index contributed by atoms with van der Waals surface area (Å²) >= 11 is 0. The van der Waals surface area contributed by atoms with Gasteiger partial charge in [-0.15, -0.1) is 0 Å². The molecule has 2 aliphatic rings. The van der Waals surface area contributed by atoms with E-state index in [2.05, 4.69) is 43.3 Å². The van der Waals surface area contributed by atoms with Crippen LogP contribution in [-0.4, -0.2) is 60.2 Å². The summed E-state index contributed by atoms with van der Waals surface area (Å²) in [5.74, 6) is 0.215. The number of rotatable bonds is 5. The third-order valence-corrected chi connectivity index (χ3v) is 5.18. The van der Waals surface area contributed by atoms with Crippen molar-refractivity contribution in [1.29, 1.82) is 0 Å². The van der Waals surface area contributed by atoms with Gasteiger partial charge in [0, 0.05) is 26.1 Å². The van der Waals surface area contributed by atoms with Gasteiger partial charge in [-0.3, -0.25) is 9.59 Å². The van der Waals surface area contributed by atoms with Crippen LogP contribution in [0.15, 0.2) is 24.3 Å². The average Bonchev–Trinajstić information content (AvgIpc) is 3.00. The smallest absolute Gasteiger partial charge is 0.242 e. The van der Waals surface area contributed by atoms with Crippen molar-refractivity contribution in [1.82, 2.24) is 14.7 Å². The first-order chi connectivity index (χ1) is 12.0. The molecular formula is C20H29N3O2. The molecule has 0 unspecified atom stereocenters. The largest absolute Gasteiger partial charge is 0.334 e. The van der Waals surface area contributed by atoms with Crippen molar-refractivity contribution in [3.05, 3.63) is 35.4 Å². The highest BCUT2D eigenvalue weighted by Gasteiger charge is 2.31. The maximum absolute atomic E-state index is 12.8. The lowest BCUT2D eigenvalue weighted by molar-refractivity contribution is -0.141. The number of likely N-dealkylation sites (tertiary alicyclic amines) is 2. The molecule has 0 spiro atoms. The quantitative estimate of drug-likeness (QED) is 0.825. The first kappa shape index (κ1) is 17.9. The predicted molar refractivity (Wildman–Crippen MR) is 98.0 cm³/mol. The van der Waals surface area contributed by atoms with E-state index in [0.29, 0.717) is 6.42 Å². The molecular weight excluding hydrogens is 314 g/mol. The van der Waals surface area contributed by atoms with Gasteiger partial charge in [0.25, 0.3) is 0 Å². The Morgan fingerprint density at radius 2 is 1.88 bits per heavy atom. The van der Waals surface area contributed by atoms with Crippen LogP contribution >= 0.6 is 0 Å². The van der Waals surface area contributed by atoms with Gasteiger partial charge in [-0.05, 0) is 50.9 Å². The zero-order valence-electron chi connectivity index (χ0n) is 15.4. The van der Waals surface area contributed by atoms with Gasteiger partial charge in [-0.2, -0.15) is 0 Å². The highest BCUT2D eigenvalue weighted by atomic mass is 16.2. The van der Waals surface area contributed by atoms with Crippen molar-refractivity contribution < 1.29 is 9.59 Å². The number of hydrogen-bond acceptors (Lipinski definition) is 3. The number of piperidine rings is 1. The number of hydrogen-bond donors (Lipinski definition) is 0. The van der Waals surface area contributed by atoms with E-state index in [1.54, 1.807) is 4.90 Å². The second-order valence-electron chi connectivity index (χ2n) is 7.50. The fourth-order valence-electron chi connectivity index (χ4n) is 3.91. The lowest BCUT2D eigenvalue weighted by Gasteiger charge is -2.37. The summed E-state index contributed by atoms with van der Waals surface area (Å²) in [6.07, 6.45) is 4.67. The first-order valence-corrected chi connectivity index (χ1v) is 9.35. The topological polar surface area (TPSA) is 43.9 Å². The Bertz CT molecular complexity index is 612. The van der Waals surface area contributed by atoms with E-state index in [4.69, 9.17) is 0 Å². The van der Waals surface area contributed by atoms with Crippen LogP contribution < -0.4 is 0 Å². The van der Waals surface area contributed by atoms with Crippen LogP contribution in [0.4, 0.5) is 0 Å². The number of nitrogens with zero attached hydrogens (tertiary/aromatic N) is 3. The summed E-state index contributed by atoms with van der Waals surface area (Å²) in [4.78, 5) is 30.5. The number of benzene rings is 1. The van der Waals surface area contributed by atoms with Crippen LogP contribution in [0.25, 0.3) is 0 Å². The van der Waals surface area contributed by atoms with Gasteiger partial charge in [-0.25, -0.2) is 0 Å². The standard InChI is InChI=1S/C20H29N3O2/c1-21(2)14-16-8-10-17(11-9-16)18-6-3-4-13-23(18)20(25)15-22-12-5-7-19(22)24/h8-11,18H,3-7,12-15H2,1-2H3/t18-/m0/s1. The lowest BCUT2D eigenvalue weighted by atomic mass is 9.94. The zero-order valence-corrected chi connectivity index (χ0v) is 15.4. The third-order valence-electron chi connectivity index (χ3n) is 5.18. The Balaban J connectivity index is 1.69. The molecule has 2 aliphatic heterocycles. The molecule has 1 atom stereocenters. The minimum Gasteiger partial charge on any atom is -0.334 e. The van der Waals surface area contributed by atoms with Crippen molar-refractivity contribution in [2.45, 2.75) is 44.7 Å². The Morgan fingerprint density at radius 3 is 2.52 bits per heavy atom. The Kier molecular flexibility index (Phi) is 5.74. The summed E-state index contributed by atoms with van der Waals surface area (Å²) in [5, 5.41) is 0. The monoisotopic (exact) mass is 343 g/mol. The molecule has 0 N–H and O–H groups in total. The maximum atomic E-state index is 12.8.